The highest BCUT2D eigenvalue weighted by molar-refractivity contribution is 7.47. The predicted molar refractivity (Wildman–Crippen MR) is 382 cm³/mol. The van der Waals surface area contributed by atoms with Crippen LogP contribution < -0.4 is 0 Å². The van der Waals surface area contributed by atoms with Crippen molar-refractivity contribution >= 4 is 39.5 Å². The minimum atomic E-state index is -4.95. The van der Waals surface area contributed by atoms with E-state index in [-0.39, 0.29) is 25.7 Å². The standard InChI is InChI=1S/C75H146O17P2/c1-6-9-12-15-18-21-23-25-27-28-30-32-36-40-45-50-55-60-74(79)92-71(65-86-73(78)59-54-49-44-39-35-31-29-26-24-22-19-16-13-10-7-2)67-90-94(83,84)88-63-69(76)62-87-93(81,82)89-66-70(64-85-72(77)58-53-48-43-20-17-14-11-8-3)91-75(80)61-56-51-46-41-37-33-34-38-42-47-52-57-68(4)5/h68-71,76H,6-67H2,1-5H3,(H,81,82)(H,83,84)/t69-,70+,71+/m0/s1. The lowest BCUT2D eigenvalue weighted by molar-refractivity contribution is -0.161. The number of aliphatic hydroxyl groups excluding tert-OH is 1. The first-order valence-electron chi connectivity index (χ1n) is 39.1. The first kappa shape index (κ1) is 92.1. The van der Waals surface area contributed by atoms with Crippen molar-refractivity contribution in [3.05, 3.63) is 0 Å². The lowest BCUT2D eigenvalue weighted by atomic mass is 10.0. The fourth-order valence-corrected chi connectivity index (χ4v) is 13.1. The van der Waals surface area contributed by atoms with Crippen molar-refractivity contribution in [2.24, 2.45) is 5.92 Å². The number of esters is 4. The number of carbonyl (C=O) groups excluding carboxylic acids is 4. The summed E-state index contributed by atoms with van der Waals surface area (Å²) in [5, 5.41) is 10.6. The van der Waals surface area contributed by atoms with Crippen LogP contribution in [0.3, 0.4) is 0 Å². The summed E-state index contributed by atoms with van der Waals surface area (Å²) in [5.41, 5.74) is 0. The van der Waals surface area contributed by atoms with Gasteiger partial charge in [-0.3, -0.25) is 37.3 Å². The number of hydrogen-bond donors (Lipinski definition) is 3. The Hall–Kier alpha value is -1.94. The number of carbonyl (C=O) groups is 4. The minimum Gasteiger partial charge on any atom is -0.462 e. The highest BCUT2D eigenvalue weighted by atomic mass is 31.2. The van der Waals surface area contributed by atoms with Gasteiger partial charge in [0.15, 0.2) is 12.2 Å². The van der Waals surface area contributed by atoms with Crippen LogP contribution in [0.5, 0.6) is 0 Å². The van der Waals surface area contributed by atoms with Gasteiger partial charge < -0.3 is 33.8 Å². The van der Waals surface area contributed by atoms with Gasteiger partial charge in [0.25, 0.3) is 0 Å². The van der Waals surface area contributed by atoms with Gasteiger partial charge in [-0.25, -0.2) is 9.13 Å². The molecule has 0 aromatic heterocycles. The Bertz CT molecular complexity index is 1810. The molecule has 0 heterocycles. The molecule has 2 unspecified atom stereocenters. The molecule has 0 amide bonds. The van der Waals surface area contributed by atoms with Crippen LogP contribution >= 0.6 is 15.6 Å². The maximum absolute atomic E-state index is 13.1. The van der Waals surface area contributed by atoms with Crippen LogP contribution in [0.2, 0.25) is 0 Å². The average molecular weight is 1380 g/mol. The largest absolute Gasteiger partial charge is 0.472 e. The van der Waals surface area contributed by atoms with E-state index in [4.69, 9.17) is 37.0 Å². The number of hydrogen-bond acceptors (Lipinski definition) is 15. The number of phosphoric ester groups is 2. The van der Waals surface area contributed by atoms with Crippen molar-refractivity contribution in [2.75, 3.05) is 39.6 Å². The number of aliphatic hydroxyl groups is 1. The highest BCUT2D eigenvalue weighted by Gasteiger charge is 2.30. The van der Waals surface area contributed by atoms with Gasteiger partial charge in [-0.15, -0.1) is 0 Å². The van der Waals surface area contributed by atoms with Crippen LogP contribution in [0, 0.1) is 5.92 Å². The van der Waals surface area contributed by atoms with Gasteiger partial charge in [0.05, 0.1) is 26.4 Å². The van der Waals surface area contributed by atoms with E-state index in [0.717, 1.165) is 102 Å². The fourth-order valence-electron chi connectivity index (χ4n) is 11.5. The third-order valence-electron chi connectivity index (χ3n) is 17.5. The van der Waals surface area contributed by atoms with Gasteiger partial charge in [-0.05, 0) is 31.6 Å². The lowest BCUT2D eigenvalue weighted by Gasteiger charge is -2.21. The molecule has 0 aliphatic heterocycles. The monoisotopic (exact) mass is 1380 g/mol. The first-order chi connectivity index (χ1) is 45.5. The van der Waals surface area contributed by atoms with E-state index in [2.05, 4.69) is 34.6 Å². The lowest BCUT2D eigenvalue weighted by Crippen LogP contribution is -2.30. The highest BCUT2D eigenvalue weighted by Crippen LogP contribution is 2.45. The molecular weight excluding hydrogens is 1230 g/mol. The summed E-state index contributed by atoms with van der Waals surface area (Å²) in [5.74, 6) is -1.35. The molecule has 0 fully saturated rings. The Balaban J connectivity index is 5.22. The number of rotatable bonds is 75. The molecule has 0 saturated carbocycles. The summed E-state index contributed by atoms with van der Waals surface area (Å²) in [7, 11) is -9.91. The van der Waals surface area contributed by atoms with E-state index < -0.39 is 97.5 Å². The Morgan fingerprint density at radius 1 is 0.287 bits per heavy atom. The molecule has 3 N–H and O–H groups in total. The van der Waals surface area contributed by atoms with E-state index in [1.807, 2.05) is 0 Å². The Kier molecular flexibility index (Phi) is 66.8. The average Bonchev–Trinajstić information content (AvgIpc) is 1.80. The van der Waals surface area contributed by atoms with E-state index >= 15 is 0 Å². The molecule has 19 heteroatoms. The van der Waals surface area contributed by atoms with Crippen molar-refractivity contribution in [3.8, 4) is 0 Å². The smallest absolute Gasteiger partial charge is 0.462 e. The third-order valence-corrected chi connectivity index (χ3v) is 19.4. The van der Waals surface area contributed by atoms with E-state index in [1.165, 1.54) is 212 Å². The second-order valence-corrected chi connectivity index (χ2v) is 30.4. The SMILES string of the molecule is CCCCCCCCCCCCCCCCCCCC(=O)O[C@H](COC(=O)CCCCCCCCCCCCCCCCC)COP(=O)(O)OC[C@@H](O)COP(=O)(O)OC[C@@H](COC(=O)CCCCCCCCCC)OC(=O)CCCCCCCCCCCCCC(C)C. The molecule has 0 aliphatic carbocycles. The maximum atomic E-state index is 13.1. The zero-order valence-electron chi connectivity index (χ0n) is 61.1. The summed E-state index contributed by atoms with van der Waals surface area (Å²) >= 11 is 0. The molecule has 0 aromatic rings. The van der Waals surface area contributed by atoms with Crippen LogP contribution in [0.15, 0.2) is 0 Å². The number of unbranched alkanes of at least 4 members (excludes halogenated alkanes) is 47. The Morgan fingerprint density at radius 3 is 0.723 bits per heavy atom. The molecule has 0 radical (unpaired) electrons. The molecule has 0 aliphatic rings. The van der Waals surface area contributed by atoms with Gasteiger partial charge in [0, 0.05) is 25.7 Å². The zero-order chi connectivity index (χ0) is 69.1. The van der Waals surface area contributed by atoms with E-state index in [9.17, 15) is 43.2 Å². The fraction of sp³-hybridized carbons (Fsp3) is 0.947. The van der Waals surface area contributed by atoms with Gasteiger partial charge in [0.2, 0.25) is 0 Å². The summed E-state index contributed by atoms with van der Waals surface area (Å²) in [6.45, 7) is 7.27. The van der Waals surface area contributed by atoms with Crippen LogP contribution in [-0.2, 0) is 65.4 Å². The molecule has 94 heavy (non-hydrogen) atoms. The van der Waals surface area contributed by atoms with Gasteiger partial charge in [-0.1, -0.05) is 343 Å². The van der Waals surface area contributed by atoms with Crippen molar-refractivity contribution in [2.45, 2.75) is 412 Å². The first-order valence-corrected chi connectivity index (χ1v) is 42.1. The quantitative estimate of drug-likeness (QED) is 0.0222. The van der Waals surface area contributed by atoms with Crippen molar-refractivity contribution < 1.29 is 80.2 Å². The van der Waals surface area contributed by atoms with Crippen LogP contribution in [0.4, 0.5) is 0 Å². The molecule has 558 valence electrons. The van der Waals surface area contributed by atoms with Crippen LogP contribution in [0.1, 0.15) is 394 Å². The van der Waals surface area contributed by atoms with Crippen molar-refractivity contribution in [1.29, 1.82) is 0 Å². The van der Waals surface area contributed by atoms with Gasteiger partial charge >= 0.3 is 39.5 Å². The molecule has 0 rings (SSSR count). The van der Waals surface area contributed by atoms with Crippen molar-refractivity contribution in [1.82, 2.24) is 0 Å². The Labute approximate surface area is 575 Å². The van der Waals surface area contributed by atoms with E-state index in [1.54, 1.807) is 0 Å². The summed E-state index contributed by atoms with van der Waals surface area (Å²) in [6, 6.07) is 0. The normalized spacial score (nSPS) is 14.0. The molecule has 0 saturated heterocycles. The molecule has 0 aromatic carbocycles. The second kappa shape index (κ2) is 68.2. The molecule has 5 atom stereocenters. The van der Waals surface area contributed by atoms with Crippen LogP contribution in [-0.4, -0.2) is 96.7 Å². The van der Waals surface area contributed by atoms with E-state index in [0.29, 0.717) is 25.7 Å². The molecule has 17 nitrogen and oxygen atoms in total. The molecule has 0 bridgehead atoms. The summed E-state index contributed by atoms with van der Waals surface area (Å²) < 4.78 is 68.4. The molecule has 0 spiro atoms. The predicted octanol–water partition coefficient (Wildman–Crippen LogP) is 22.1. The van der Waals surface area contributed by atoms with Crippen LogP contribution in [0.25, 0.3) is 0 Å². The number of phosphoric acid groups is 2. The Morgan fingerprint density at radius 2 is 0.489 bits per heavy atom. The minimum absolute atomic E-state index is 0.107. The van der Waals surface area contributed by atoms with Gasteiger partial charge in [0.1, 0.15) is 19.3 Å². The second-order valence-electron chi connectivity index (χ2n) is 27.5. The summed E-state index contributed by atoms with van der Waals surface area (Å²) in [4.78, 5) is 72.7. The van der Waals surface area contributed by atoms with Gasteiger partial charge in [-0.2, -0.15) is 0 Å². The summed E-state index contributed by atoms with van der Waals surface area (Å²) in [6.07, 6.45) is 56.8. The third kappa shape index (κ3) is 68.6. The maximum Gasteiger partial charge on any atom is 0.472 e. The number of ether oxygens (including phenoxy) is 4. The topological polar surface area (TPSA) is 237 Å². The zero-order valence-corrected chi connectivity index (χ0v) is 62.9. The van der Waals surface area contributed by atoms with Crippen molar-refractivity contribution in [3.63, 3.8) is 0 Å². The molecular formula is C75H146O17P2.